The molecular weight excluding hydrogens is 223 g/mol. The first-order chi connectivity index (χ1) is 7.29. The van der Waals surface area contributed by atoms with E-state index in [4.69, 9.17) is 15.6 Å². The lowest BCUT2D eigenvalue weighted by Crippen LogP contribution is -2.31. The maximum atomic E-state index is 10.6. The number of hydrogen-bond acceptors (Lipinski definition) is 2. The first-order valence-corrected chi connectivity index (χ1v) is 4.97. The standard InChI is InChI=1S/C8H15N.C2HF3O2/c1-2-7-5-3-4-6-8(7)9;3-2(4,5)1(6)7/h2,7-8H,1,3-6,9H2;(H,6,7)/t7-,8-;/m0./s1. The van der Waals surface area contributed by atoms with Crippen LogP contribution in [0.15, 0.2) is 12.7 Å². The van der Waals surface area contributed by atoms with E-state index in [2.05, 4.69) is 6.58 Å². The van der Waals surface area contributed by atoms with Gasteiger partial charge in [0.1, 0.15) is 0 Å². The third-order valence-corrected chi connectivity index (χ3v) is 2.42. The number of carbonyl (C=O) groups is 1. The predicted molar refractivity (Wildman–Crippen MR) is 53.8 cm³/mol. The van der Waals surface area contributed by atoms with Gasteiger partial charge in [0.05, 0.1) is 0 Å². The fourth-order valence-corrected chi connectivity index (χ4v) is 1.48. The average Bonchev–Trinajstić information content (AvgIpc) is 2.18. The molecule has 0 aromatic rings. The van der Waals surface area contributed by atoms with Crippen LogP contribution in [0.2, 0.25) is 0 Å². The van der Waals surface area contributed by atoms with Crippen molar-refractivity contribution in [3.63, 3.8) is 0 Å². The Bertz CT molecular complexity index is 241. The summed E-state index contributed by atoms with van der Waals surface area (Å²) in [7, 11) is 0. The summed E-state index contributed by atoms with van der Waals surface area (Å²) in [4.78, 5) is 8.90. The Balaban J connectivity index is 0.000000293. The average molecular weight is 239 g/mol. The maximum absolute atomic E-state index is 10.6. The summed E-state index contributed by atoms with van der Waals surface area (Å²) in [5, 5.41) is 7.12. The van der Waals surface area contributed by atoms with E-state index in [1.54, 1.807) is 0 Å². The molecule has 0 aromatic carbocycles. The maximum Gasteiger partial charge on any atom is 0.490 e. The summed E-state index contributed by atoms with van der Waals surface area (Å²) in [6.07, 6.45) is 2.01. The molecule has 2 atom stereocenters. The van der Waals surface area contributed by atoms with Crippen molar-refractivity contribution in [1.29, 1.82) is 0 Å². The lowest BCUT2D eigenvalue weighted by Gasteiger charge is -2.25. The largest absolute Gasteiger partial charge is 0.490 e. The second kappa shape index (κ2) is 6.52. The number of rotatable bonds is 1. The van der Waals surface area contributed by atoms with Gasteiger partial charge in [-0.1, -0.05) is 18.9 Å². The van der Waals surface area contributed by atoms with E-state index >= 15 is 0 Å². The van der Waals surface area contributed by atoms with Crippen LogP contribution in [-0.2, 0) is 4.79 Å². The quantitative estimate of drug-likeness (QED) is 0.690. The van der Waals surface area contributed by atoms with Crippen molar-refractivity contribution in [3.05, 3.63) is 12.7 Å². The van der Waals surface area contributed by atoms with Crippen LogP contribution in [0.3, 0.4) is 0 Å². The van der Waals surface area contributed by atoms with Crippen LogP contribution < -0.4 is 5.73 Å². The molecule has 0 spiro atoms. The van der Waals surface area contributed by atoms with Gasteiger partial charge in [0.15, 0.2) is 0 Å². The normalized spacial score (nSPS) is 25.2. The zero-order valence-electron chi connectivity index (χ0n) is 8.83. The van der Waals surface area contributed by atoms with Gasteiger partial charge in [-0.15, -0.1) is 6.58 Å². The predicted octanol–water partition coefficient (Wildman–Crippen LogP) is 2.32. The molecule has 1 saturated carbocycles. The molecule has 3 N–H and O–H groups in total. The Labute approximate surface area is 92.1 Å². The minimum absolute atomic E-state index is 0.399. The van der Waals surface area contributed by atoms with Crippen LogP contribution in [0.25, 0.3) is 0 Å². The van der Waals surface area contributed by atoms with Crippen molar-refractivity contribution in [2.75, 3.05) is 0 Å². The smallest absolute Gasteiger partial charge is 0.475 e. The minimum atomic E-state index is -5.08. The van der Waals surface area contributed by atoms with Gasteiger partial charge in [0.25, 0.3) is 0 Å². The fraction of sp³-hybridized carbons (Fsp3) is 0.700. The molecule has 0 aromatic heterocycles. The van der Waals surface area contributed by atoms with E-state index in [-0.39, 0.29) is 0 Å². The van der Waals surface area contributed by atoms with Crippen LogP contribution in [0.4, 0.5) is 13.2 Å². The van der Waals surface area contributed by atoms with Crippen LogP contribution >= 0.6 is 0 Å². The second-order valence-electron chi connectivity index (χ2n) is 3.65. The highest BCUT2D eigenvalue weighted by atomic mass is 19.4. The minimum Gasteiger partial charge on any atom is -0.475 e. The highest BCUT2D eigenvalue weighted by Crippen LogP contribution is 2.22. The van der Waals surface area contributed by atoms with E-state index in [9.17, 15) is 13.2 Å². The number of aliphatic carboxylic acids is 1. The van der Waals surface area contributed by atoms with Crippen LogP contribution in [0, 0.1) is 5.92 Å². The Kier molecular flexibility index (Phi) is 6.10. The molecule has 1 aliphatic rings. The zero-order chi connectivity index (χ0) is 12.8. The van der Waals surface area contributed by atoms with Crippen molar-refractivity contribution in [2.45, 2.75) is 37.9 Å². The van der Waals surface area contributed by atoms with Gasteiger partial charge < -0.3 is 10.8 Å². The number of carboxylic acids is 1. The Morgan fingerprint density at radius 1 is 1.38 bits per heavy atom. The van der Waals surface area contributed by atoms with Crippen molar-refractivity contribution in [1.82, 2.24) is 0 Å². The van der Waals surface area contributed by atoms with Crippen LogP contribution in [0.5, 0.6) is 0 Å². The molecule has 1 rings (SSSR count). The third-order valence-electron chi connectivity index (χ3n) is 2.42. The van der Waals surface area contributed by atoms with Gasteiger partial charge >= 0.3 is 12.1 Å². The highest BCUT2D eigenvalue weighted by molar-refractivity contribution is 5.73. The van der Waals surface area contributed by atoms with Gasteiger partial charge in [-0.2, -0.15) is 13.2 Å². The van der Waals surface area contributed by atoms with Crippen molar-refractivity contribution >= 4 is 5.97 Å². The van der Waals surface area contributed by atoms with E-state index in [0.29, 0.717) is 12.0 Å². The molecule has 1 aliphatic carbocycles. The third kappa shape index (κ3) is 5.75. The van der Waals surface area contributed by atoms with Gasteiger partial charge in [-0.3, -0.25) is 0 Å². The number of carboxylic acid groups (broad SMARTS) is 1. The summed E-state index contributed by atoms with van der Waals surface area (Å²) in [6, 6.07) is 0.399. The van der Waals surface area contributed by atoms with Crippen LogP contribution in [0.1, 0.15) is 25.7 Å². The molecule has 0 aliphatic heterocycles. The van der Waals surface area contributed by atoms with Crippen LogP contribution in [-0.4, -0.2) is 23.3 Å². The highest BCUT2D eigenvalue weighted by Gasteiger charge is 2.38. The molecule has 0 radical (unpaired) electrons. The zero-order valence-corrected chi connectivity index (χ0v) is 8.83. The first kappa shape index (κ1) is 15.0. The lowest BCUT2D eigenvalue weighted by molar-refractivity contribution is -0.192. The van der Waals surface area contributed by atoms with E-state index < -0.39 is 12.1 Å². The molecule has 1 fully saturated rings. The molecule has 16 heavy (non-hydrogen) atoms. The van der Waals surface area contributed by atoms with E-state index in [0.717, 1.165) is 0 Å². The second-order valence-corrected chi connectivity index (χ2v) is 3.65. The molecule has 0 amide bonds. The molecule has 0 bridgehead atoms. The number of halogens is 3. The van der Waals surface area contributed by atoms with Crippen molar-refractivity contribution in [3.8, 4) is 0 Å². The first-order valence-electron chi connectivity index (χ1n) is 4.97. The van der Waals surface area contributed by atoms with Crippen molar-refractivity contribution < 1.29 is 23.1 Å². The lowest BCUT2D eigenvalue weighted by atomic mass is 9.85. The molecule has 0 heterocycles. The summed E-state index contributed by atoms with van der Waals surface area (Å²) < 4.78 is 31.7. The SMILES string of the molecule is C=C[C@H]1CCCC[C@@H]1N.O=C(O)C(F)(F)F. The topological polar surface area (TPSA) is 63.3 Å². The van der Waals surface area contributed by atoms with E-state index in [1.165, 1.54) is 25.7 Å². The molecule has 0 unspecified atom stereocenters. The monoisotopic (exact) mass is 239 g/mol. The summed E-state index contributed by atoms with van der Waals surface area (Å²) >= 11 is 0. The summed E-state index contributed by atoms with van der Waals surface area (Å²) in [6.45, 7) is 3.75. The molecule has 94 valence electrons. The van der Waals surface area contributed by atoms with Gasteiger partial charge in [-0.05, 0) is 18.8 Å². The summed E-state index contributed by atoms with van der Waals surface area (Å²) in [5.74, 6) is -2.16. The van der Waals surface area contributed by atoms with Gasteiger partial charge in [0.2, 0.25) is 0 Å². The Morgan fingerprint density at radius 2 is 1.81 bits per heavy atom. The van der Waals surface area contributed by atoms with Gasteiger partial charge in [0, 0.05) is 6.04 Å². The summed E-state index contributed by atoms with van der Waals surface area (Å²) in [5.41, 5.74) is 5.82. The molecule has 3 nitrogen and oxygen atoms in total. The molecular formula is C10H16F3NO2. The molecule has 0 saturated heterocycles. The van der Waals surface area contributed by atoms with E-state index in [1.807, 2.05) is 6.08 Å². The number of nitrogens with two attached hydrogens (primary N) is 1. The number of hydrogen-bond donors (Lipinski definition) is 2. The fourth-order valence-electron chi connectivity index (χ4n) is 1.48. The number of alkyl halides is 3. The molecule has 6 heteroatoms. The van der Waals surface area contributed by atoms with Gasteiger partial charge in [-0.25, -0.2) is 4.79 Å². The Hall–Kier alpha value is -1.04. The van der Waals surface area contributed by atoms with Crippen molar-refractivity contribution in [2.24, 2.45) is 11.7 Å². The Morgan fingerprint density at radius 3 is 2.06 bits per heavy atom.